The Morgan fingerprint density at radius 3 is 1.05 bits per heavy atom. The van der Waals surface area contributed by atoms with E-state index < -0.39 is 0 Å². The molecule has 0 aliphatic heterocycles. The minimum Gasteiger partial charge on any atom is -0.208 e. The number of nitrogens with zero attached hydrogens (tertiary/aromatic N) is 3. The van der Waals surface area contributed by atoms with E-state index in [1.807, 2.05) is 0 Å². The topological polar surface area (TPSA) is 38.7 Å². The smallest absolute Gasteiger partial charge is 0.164 e. The van der Waals surface area contributed by atoms with Crippen molar-refractivity contribution in [1.82, 2.24) is 15.0 Å². The largest absolute Gasteiger partial charge is 0.208 e. The molecule has 0 bridgehead atoms. The molecule has 4 aliphatic carbocycles. The van der Waals surface area contributed by atoms with Crippen molar-refractivity contribution >= 4 is 0 Å². The lowest BCUT2D eigenvalue weighted by Crippen LogP contribution is -2.11. The predicted octanol–water partition coefficient (Wildman–Crippen LogP) is 17.7. The average molecular weight is 846 g/mol. The molecular formula is C61H71N3. The van der Waals surface area contributed by atoms with Crippen LogP contribution in [0, 0.1) is 0 Å². The first-order chi connectivity index (χ1) is 31.3. The zero-order valence-electron chi connectivity index (χ0n) is 39.2. The van der Waals surface area contributed by atoms with E-state index in [1.54, 1.807) is 11.1 Å². The van der Waals surface area contributed by atoms with Crippen molar-refractivity contribution in [2.45, 2.75) is 178 Å². The van der Waals surface area contributed by atoms with Gasteiger partial charge in [0.1, 0.15) is 0 Å². The quantitative estimate of drug-likeness (QED) is 0.146. The normalized spacial score (nSPS) is 18.6. The molecule has 0 atom stereocenters. The minimum absolute atomic E-state index is 0.00805. The molecule has 4 saturated carbocycles. The SMILES string of the molecule is CC(C)(C)c1cc(-c2cccc(-c3nc(-c4cccc(C5CCCCC5)c4)nc(-c4cccc(C5CCCCC5)c4)n3)c2)cc(-c2cc(C3CCCCC3)cc(C3CCCCC3)c2)c1. The van der Waals surface area contributed by atoms with Crippen LogP contribution in [0.4, 0.5) is 0 Å². The van der Waals surface area contributed by atoms with Crippen molar-refractivity contribution in [2.75, 3.05) is 0 Å². The second-order valence-corrected chi connectivity index (χ2v) is 21.4. The molecule has 0 amide bonds. The van der Waals surface area contributed by atoms with Crippen molar-refractivity contribution in [2.24, 2.45) is 0 Å². The molecule has 3 nitrogen and oxygen atoms in total. The number of benzene rings is 5. The summed E-state index contributed by atoms with van der Waals surface area (Å²) in [6.07, 6.45) is 26.5. The fourth-order valence-corrected chi connectivity index (χ4v) is 11.9. The molecule has 5 aromatic carbocycles. The summed E-state index contributed by atoms with van der Waals surface area (Å²) >= 11 is 0. The van der Waals surface area contributed by atoms with Crippen molar-refractivity contribution in [1.29, 1.82) is 0 Å². The molecule has 10 rings (SSSR count). The molecule has 64 heavy (non-hydrogen) atoms. The lowest BCUT2D eigenvalue weighted by atomic mass is 9.78. The number of hydrogen-bond donors (Lipinski definition) is 0. The molecule has 3 heteroatoms. The van der Waals surface area contributed by atoms with Crippen molar-refractivity contribution < 1.29 is 0 Å². The maximum absolute atomic E-state index is 5.34. The van der Waals surface area contributed by atoms with Crippen LogP contribution in [-0.2, 0) is 5.41 Å². The first kappa shape index (κ1) is 43.0. The van der Waals surface area contributed by atoms with Crippen LogP contribution in [0.3, 0.4) is 0 Å². The molecule has 0 radical (unpaired) electrons. The fraction of sp³-hybridized carbons (Fsp3) is 0.459. The van der Waals surface area contributed by atoms with Crippen LogP contribution in [-0.4, -0.2) is 15.0 Å². The zero-order chi connectivity index (χ0) is 43.5. The summed E-state index contributed by atoms with van der Waals surface area (Å²) in [7, 11) is 0. The lowest BCUT2D eigenvalue weighted by molar-refractivity contribution is 0.435. The van der Waals surface area contributed by atoms with Gasteiger partial charge in [-0.25, -0.2) is 15.0 Å². The van der Waals surface area contributed by atoms with E-state index in [0.717, 1.165) is 34.2 Å². The van der Waals surface area contributed by atoms with E-state index in [4.69, 9.17) is 15.0 Å². The Morgan fingerprint density at radius 1 is 0.312 bits per heavy atom. The van der Waals surface area contributed by atoms with Crippen LogP contribution in [0.15, 0.2) is 109 Å². The summed E-state index contributed by atoms with van der Waals surface area (Å²) in [4.78, 5) is 16.0. The third kappa shape index (κ3) is 9.85. The van der Waals surface area contributed by atoms with Crippen molar-refractivity contribution in [3.8, 4) is 56.4 Å². The first-order valence-electron chi connectivity index (χ1n) is 25.7. The number of hydrogen-bond acceptors (Lipinski definition) is 3. The van der Waals surface area contributed by atoms with E-state index in [2.05, 4.69) is 130 Å². The molecule has 0 unspecified atom stereocenters. The van der Waals surface area contributed by atoms with E-state index >= 15 is 0 Å². The van der Waals surface area contributed by atoms with Crippen molar-refractivity contribution in [3.63, 3.8) is 0 Å². The number of aromatic nitrogens is 3. The van der Waals surface area contributed by atoms with Gasteiger partial charge >= 0.3 is 0 Å². The summed E-state index contributed by atoms with van der Waals surface area (Å²) in [6, 6.07) is 42.4. The predicted molar refractivity (Wildman–Crippen MR) is 269 cm³/mol. The highest BCUT2D eigenvalue weighted by atomic mass is 15.0. The van der Waals surface area contributed by atoms with Gasteiger partial charge in [-0.15, -0.1) is 0 Å². The van der Waals surface area contributed by atoms with Gasteiger partial charge in [0.2, 0.25) is 0 Å². The molecule has 0 N–H and O–H groups in total. The molecule has 6 aromatic rings. The second kappa shape index (κ2) is 19.3. The van der Waals surface area contributed by atoms with E-state index in [9.17, 15) is 0 Å². The third-order valence-electron chi connectivity index (χ3n) is 15.8. The molecule has 0 saturated heterocycles. The van der Waals surface area contributed by atoms with Crippen LogP contribution < -0.4 is 0 Å². The van der Waals surface area contributed by atoms with Crippen LogP contribution in [0.1, 0.15) is 201 Å². The summed E-state index contributed by atoms with van der Waals surface area (Å²) in [5.41, 5.74) is 15.7. The van der Waals surface area contributed by atoms with Gasteiger partial charge in [0.25, 0.3) is 0 Å². The standard InChI is InChI=1S/C61H71N3/c1-61(2,3)57-40-55(39-56(41-57)54-37-52(44-23-12-6-13-24-44)36-53(38-54)45-25-14-7-15-26-45)48-29-18-32-51(35-48)60-63-58(49-30-16-27-46(33-49)42-19-8-4-9-20-42)62-59(64-60)50-31-17-28-47(34-50)43-21-10-5-11-22-43/h16-18,27-45H,4-15,19-26H2,1-3H3. The minimum atomic E-state index is -0.00805. The van der Waals surface area contributed by atoms with Gasteiger partial charge in [-0.2, -0.15) is 0 Å². The lowest BCUT2D eigenvalue weighted by Gasteiger charge is -2.27. The third-order valence-corrected chi connectivity index (χ3v) is 15.8. The highest BCUT2D eigenvalue weighted by Gasteiger charge is 2.24. The zero-order valence-corrected chi connectivity index (χ0v) is 39.2. The molecule has 1 aromatic heterocycles. The van der Waals surface area contributed by atoms with E-state index in [0.29, 0.717) is 23.7 Å². The van der Waals surface area contributed by atoms with Crippen LogP contribution >= 0.6 is 0 Å². The Hall–Kier alpha value is -4.89. The molecule has 4 fully saturated rings. The van der Waals surface area contributed by atoms with E-state index in [-0.39, 0.29) is 5.41 Å². The molecular weight excluding hydrogens is 775 g/mol. The second-order valence-electron chi connectivity index (χ2n) is 21.4. The van der Waals surface area contributed by atoms with Gasteiger partial charge in [-0.05, 0) is 155 Å². The average Bonchev–Trinajstić information content (AvgIpc) is 3.37. The number of rotatable bonds is 9. The van der Waals surface area contributed by atoms with Gasteiger partial charge in [0.15, 0.2) is 17.5 Å². The van der Waals surface area contributed by atoms with Crippen molar-refractivity contribution in [3.05, 3.63) is 137 Å². The van der Waals surface area contributed by atoms with Gasteiger partial charge in [0.05, 0.1) is 0 Å². The monoisotopic (exact) mass is 846 g/mol. The highest BCUT2D eigenvalue weighted by Crippen LogP contribution is 2.43. The van der Waals surface area contributed by atoms with E-state index in [1.165, 1.54) is 167 Å². The molecule has 4 aliphatic rings. The first-order valence-corrected chi connectivity index (χ1v) is 25.7. The Bertz CT molecular complexity index is 2420. The van der Waals surface area contributed by atoms with Gasteiger partial charge in [-0.3, -0.25) is 0 Å². The summed E-state index contributed by atoms with van der Waals surface area (Å²) in [5, 5.41) is 0. The van der Waals surface area contributed by atoms with Crippen LogP contribution in [0.2, 0.25) is 0 Å². The van der Waals surface area contributed by atoms with Crippen LogP contribution in [0.5, 0.6) is 0 Å². The van der Waals surface area contributed by atoms with Crippen LogP contribution in [0.25, 0.3) is 56.4 Å². The molecule has 0 spiro atoms. The Labute approximate surface area is 385 Å². The Balaban J connectivity index is 1.07. The Morgan fingerprint density at radius 2 is 0.625 bits per heavy atom. The summed E-state index contributed by atoms with van der Waals surface area (Å²) < 4.78 is 0. The van der Waals surface area contributed by atoms with Gasteiger partial charge < -0.3 is 0 Å². The summed E-state index contributed by atoms with van der Waals surface area (Å²) in [6.45, 7) is 7.08. The van der Waals surface area contributed by atoms with Gasteiger partial charge in [-0.1, -0.05) is 183 Å². The summed E-state index contributed by atoms with van der Waals surface area (Å²) in [5.74, 6) is 4.83. The highest BCUT2D eigenvalue weighted by molar-refractivity contribution is 5.78. The van der Waals surface area contributed by atoms with Gasteiger partial charge in [0, 0.05) is 16.7 Å². The maximum Gasteiger partial charge on any atom is 0.164 e. The Kier molecular flexibility index (Phi) is 13.0. The molecule has 1 heterocycles. The fourth-order valence-electron chi connectivity index (χ4n) is 11.9. The molecule has 330 valence electrons. The maximum atomic E-state index is 5.34.